The quantitative estimate of drug-likeness (QED) is 0.602. The first kappa shape index (κ1) is 11.8. The predicted octanol–water partition coefficient (Wildman–Crippen LogP) is 4.17. The van der Waals surface area contributed by atoms with Gasteiger partial charge in [-0.2, -0.15) is 11.3 Å². The second kappa shape index (κ2) is 5.59. The monoisotopic (exact) mass is 342 g/mol. The number of hydrogen-bond acceptors (Lipinski definition) is 2. The minimum absolute atomic E-state index is 0.233. The summed E-state index contributed by atoms with van der Waals surface area (Å²) in [7, 11) is 0. The molecule has 0 aliphatic carbocycles. The van der Waals surface area contributed by atoms with Gasteiger partial charge in [0.25, 0.3) is 0 Å². The zero-order chi connectivity index (χ0) is 11.4. The Morgan fingerprint density at radius 1 is 1.25 bits per heavy atom. The Morgan fingerprint density at radius 3 is 2.75 bits per heavy atom. The van der Waals surface area contributed by atoms with Gasteiger partial charge in [-0.25, -0.2) is 0 Å². The lowest BCUT2D eigenvalue weighted by atomic mass is 10.0. The maximum atomic E-state index is 12.0. The molecule has 1 nitrogen and oxygen atoms in total. The summed E-state index contributed by atoms with van der Waals surface area (Å²) < 4.78 is 1.04. The third kappa shape index (κ3) is 2.92. The number of aryl methyl sites for hydroxylation is 1. The Labute approximate surface area is 113 Å². The molecule has 1 heterocycles. The van der Waals surface area contributed by atoms with Crippen LogP contribution in [0.4, 0.5) is 0 Å². The summed E-state index contributed by atoms with van der Waals surface area (Å²) in [4.78, 5) is 12.0. The van der Waals surface area contributed by atoms with Crippen molar-refractivity contribution in [3.8, 4) is 0 Å². The summed E-state index contributed by atoms with van der Waals surface area (Å²) in [6.45, 7) is 0. The van der Waals surface area contributed by atoms with E-state index in [1.165, 1.54) is 5.56 Å². The Bertz CT molecular complexity index is 476. The molecule has 1 aromatic carbocycles. The largest absolute Gasteiger partial charge is 0.294 e. The zero-order valence-electron chi connectivity index (χ0n) is 8.65. The van der Waals surface area contributed by atoms with Gasteiger partial charge in [0.05, 0.1) is 0 Å². The first-order chi connectivity index (χ1) is 7.77. The number of hydrogen-bond donors (Lipinski definition) is 0. The number of carbonyl (C=O) groups excluding carboxylic acids is 1. The molecule has 0 aliphatic rings. The molecule has 1 aromatic heterocycles. The SMILES string of the molecule is O=C(CCc1ccsc1)c1ccccc1I. The van der Waals surface area contributed by atoms with E-state index < -0.39 is 0 Å². The van der Waals surface area contributed by atoms with Crippen molar-refractivity contribution in [1.82, 2.24) is 0 Å². The number of thiophene rings is 1. The molecule has 0 bridgehead atoms. The third-order valence-corrected chi connectivity index (χ3v) is 4.07. The molecule has 0 atom stereocenters. The van der Waals surface area contributed by atoms with Crippen molar-refractivity contribution in [3.63, 3.8) is 0 Å². The van der Waals surface area contributed by atoms with Crippen LogP contribution in [-0.2, 0) is 6.42 Å². The molecule has 0 radical (unpaired) electrons. The van der Waals surface area contributed by atoms with Crippen LogP contribution in [0.1, 0.15) is 22.3 Å². The number of rotatable bonds is 4. The molecule has 0 N–H and O–H groups in total. The van der Waals surface area contributed by atoms with Crippen LogP contribution in [0, 0.1) is 3.57 Å². The van der Waals surface area contributed by atoms with Crippen molar-refractivity contribution in [1.29, 1.82) is 0 Å². The van der Waals surface area contributed by atoms with Gasteiger partial charge in [0.15, 0.2) is 5.78 Å². The van der Waals surface area contributed by atoms with Crippen LogP contribution in [-0.4, -0.2) is 5.78 Å². The smallest absolute Gasteiger partial charge is 0.164 e. The van der Waals surface area contributed by atoms with E-state index in [9.17, 15) is 4.79 Å². The van der Waals surface area contributed by atoms with E-state index in [1.54, 1.807) is 11.3 Å². The average Bonchev–Trinajstić information content (AvgIpc) is 2.79. The third-order valence-electron chi connectivity index (χ3n) is 2.40. The second-order valence-corrected chi connectivity index (χ2v) is 5.48. The van der Waals surface area contributed by atoms with Crippen molar-refractivity contribution in [2.75, 3.05) is 0 Å². The minimum Gasteiger partial charge on any atom is -0.294 e. The topological polar surface area (TPSA) is 17.1 Å². The van der Waals surface area contributed by atoms with E-state index in [2.05, 4.69) is 34.0 Å². The average molecular weight is 342 g/mol. The van der Waals surface area contributed by atoms with E-state index in [0.29, 0.717) is 6.42 Å². The van der Waals surface area contributed by atoms with Crippen molar-refractivity contribution in [2.24, 2.45) is 0 Å². The Kier molecular flexibility index (Phi) is 4.12. The van der Waals surface area contributed by atoms with E-state index in [-0.39, 0.29) is 5.78 Å². The Balaban J connectivity index is 2.01. The summed E-state index contributed by atoms with van der Waals surface area (Å²) in [5, 5.41) is 4.15. The van der Waals surface area contributed by atoms with Gasteiger partial charge < -0.3 is 0 Å². The molecule has 2 aromatic rings. The van der Waals surface area contributed by atoms with Crippen LogP contribution in [0.25, 0.3) is 0 Å². The molecule has 3 heteroatoms. The standard InChI is InChI=1S/C13H11IOS/c14-12-4-2-1-3-11(12)13(15)6-5-10-7-8-16-9-10/h1-4,7-9H,5-6H2. The van der Waals surface area contributed by atoms with Gasteiger partial charge in [-0.1, -0.05) is 18.2 Å². The highest BCUT2D eigenvalue weighted by molar-refractivity contribution is 14.1. The van der Waals surface area contributed by atoms with E-state index in [0.717, 1.165) is 15.6 Å². The molecule has 16 heavy (non-hydrogen) atoms. The number of benzene rings is 1. The lowest BCUT2D eigenvalue weighted by Crippen LogP contribution is -2.02. The first-order valence-electron chi connectivity index (χ1n) is 5.06. The molecular weight excluding hydrogens is 331 g/mol. The molecule has 2 rings (SSSR count). The highest BCUT2D eigenvalue weighted by atomic mass is 127. The van der Waals surface area contributed by atoms with Crippen LogP contribution in [0.5, 0.6) is 0 Å². The number of ketones is 1. The Morgan fingerprint density at radius 2 is 2.06 bits per heavy atom. The molecule has 0 aliphatic heterocycles. The van der Waals surface area contributed by atoms with Crippen molar-refractivity contribution >= 4 is 39.7 Å². The van der Waals surface area contributed by atoms with Gasteiger partial charge in [-0.3, -0.25) is 4.79 Å². The number of Topliss-reactive ketones (excluding diaryl/α,β-unsaturated/α-hetero) is 1. The lowest BCUT2D eigenvalue weighted by molar-refractivity contribution is 0.0982. The van der Waals surface area contributed by atoms with Gasteiger partial charge in [0, 0.05) is 15.6 Å². The van der Waals surface area contributed by atoms with Gasteiger partial charge >= 0.3 is 0 Å². The van der Waals surface area contributed by atoms with Crippen LogP contribution in [0.2, 0.25) is 0 Å². The summed E-state index contributed by atoms with van der Waals surface area (Å²) in [5.74, 6) is 0.233. The van der Waals surface area contributed by atoms with Crippen molar-refractivity contribution in [3.05, 3.63) is 55.8 Å². The first-order valence-corrected chi connectivity index (χ1v) is 7.08. The fraction of sp³-hybridized carbons (Fsp3) is 0.154. The van der Waals surface area contributed by atoms with E-state index in [4.69, 9.17) is 0 Å². The van der Waals surface area contributed by atoms with Gasteiger partial charge in [0.2, 0.25) is 0 Å². The fourth-order valence-corrected chi connectivity index (χ4v) is 2.91. The molecule has 0 fully saturated rings. The summed E-state index contributed by atoms with van der Waals surface area (Å²) in [6.07, 6.45) is 1.43. The molecule has 0 saturated heterocycles. The van der Waals surface area contributed by atoms with Crippen LogP contribution in [0.3, 0.4) is 0 Å². The van der Waals surface area contributed by atoms with E-state index >= 15 is 0 Å². The molecule has 0 unspecified atom stereocenters. The van der Waals surface area contributed by atoms with Gasteiger partial charge in [-0.15, -0.1) is 0 Å². The van der Waals surface area contributed by atoms with Gasteiger partial charge in [0.1, 0.15) is 0 Å². The zero-order valence-corrected chi connectivity index (χ0v) is 11.6. The Hall–Kier alpha value is -0.680. The second-order valence-electron chi connectivity index (χ2n) is 3.53. The normalized spacial score (nSPS) is 10.3. The van der Waals surface area contributed by atoms with Crippen LogP contribution < -0.4 is 0 Å². The molecule has 82 valence electrons. The van der Waals surface area contributed by atoms with Crippen molar-refractivity contribution in [2.45, 2.75) is 12.8 Å². The molecule has 0 saturated carbocycles. The highest BCUT2D eigenvalue weighted by Gasteiger charge is 2.09. The van der Waals surface area contributed by atoms with Crippen molar-refractivity contribution < 1.29 is 4.79 Å². The molecular formula is C13H11IOS. The summed E-state index contributed by atoms with van der Waals surface area (Å²) >= 11 is 3.89. The number of carbonyl (C=O) groups is 1. The van der Waals surface area contributed by atoms with Crippen LogP contribution in [0.15, 0.2) is 41.1 Å². The summed E-state index contributed by atoms with van der Waals surface area (Å²) in [5.41, 5.74) is 2.10. The predicted molar refractivity (Wildman–Crippen MR) is 76.1 cm³/mol. The van der Waals surface area contributed by atoms with Crippen LogP contribution >= 0.6 is 33.9 Å². The lowest BCUT2D eigenvalue weighted by Gasteiger charge is -2.02. The number of halogens is 1. The fourth-order valence-electron chi connectivity index (χ4n) is 1.51. The minimum atomic E-state index is 0.233. The highest BCUT2D eigenvalue weighted by Crippen LogP contribution is 2.15. The van der Waals surface area contributed by atoms with E-state index in [1.807, 2.05) is 29.6 Å². The van der Waals surface area contributed by atoms with Gasteiger partial charge in [-0.05, 0) is 57.5 Å². The molecule has 0 amide bonds. The summed E-state index contributed by atoms with van der Waals surface area (Å²) in [6, 6.07) is 9.82. The maximum Gasteiger partial charge on any atom is 0.164 e. The molecule has 0 spiro atoms. The maximum absolute atomic E-state index is 12.0.